The average Bonchev–Trinajstić information content (AvgIpc) is 3.56. The number of β-lactam (4-membered cyclic amide) rings is 1. The molecule has 316 valence electrons. The summed E-state index contributed by atoms with van der Waals surface area (Å²) in [6.45, 7) is 14.4. The van der Waals surface area contributed by atoms with Crippen molar-refractivity contribution < 1.29 is 55.5 Å². The number of nitrogens with one attached hydrogen (secondary N) is 3. The summed E-state index contributed by atoms with van der Waals surface area (Å²) in [5.41, 5.74) is -3.14. The van der Waals surface area contributed by atoms with Crippen molar-refractivity contribution in [2.24, 2.45) is 5.16 Å². The fraction of sp³-hybridized carbons (Fsp3) is 0.528. The monoisotopic (exact) mass is 848 g/mol. The summed E-state index contributed by atoms with van der Waals surface area (Å²) in [6.07, 6.45) is 2.07. The van der Waals surface area contributed by atoms with Gasteiger partial charge in [0.25, 0.3) is 11.8 Å². The third-order valence-electron chi connectivity index (χ3n) is 8.51. The highest BCUT2D eigenvalue weighted by Crippen LogP contribution is 2.33. The maximum atomic E-state index is 13.5. The van der Waals surface area contributed by atoms with Gasteiger partial charge in [0, 0.05) is 36.1 Å². The van der Waals surface area contributed by atoms with Crippen LogP contribution in [0.4, 0.5) is 20.5 Å². The molecule has 0 spiro atoms. The van der Waals surface area contributed by atoms with Gasteiger partial charge in [0.2, 0.25) is 0 Å². The van der Waals surface area contributed by atoms with Gasteiger partial charge in [0.15, 0.2) is 17.5 Å². The number of anilines is 2. The van der Waals surface area contributed by atoms with Crippen molar-refractivity contribution in [3.05, 3.63) is 41.5 Å². The Labute approximate surface area is 339 Å². The van der Waals surface area contributed by atoms with E-state index in [9.17, 15) is 27.6 Å². The number of oxime groups is 1. The number of hydrogen-bond donors (Lipinski definition) is 4. The Kier molecular flexibility index (Phi) is 13.0. The van der Waals surface area contributed by atoms with Gasteiger partial charge in [-0.05, 0) is 97.9 Å². The largest absolute Gasteiger partial charge is 0.490 e. The number of piperidine rings is 1. The van der Waals surface area contributed by atoms with Crippen LogP contribution >= 0.6 is 11.3 Å². The molecule has 1 aromatic carbocycles. The molecule has 3 aromatic rings. The number of hydrogen-bond acceptors (Lipinski definition) is 16. The lowest BCUT2D eigenvalue weighted by atomic mass is 9.84. The first kappa shape index (κ1) is 43.8. The SMILES string of the molecule is CC(C)(C)OC(=O)Nc1nc(/C(=N/OCCOc2ccc3c(NC4CCN(C(=O)OC(C)(C)C)CC4)nccc3c2)C(=O)NC2C(=O)N(OS(=O)(=O)O)C2(C)C)cs1. The topological polar surface area (TPSA) is 250 Å². The van der Waals surface area contributed by atoms with E-state index in [2.05, 4.69) is 35.4 Å². The van der Waals surface area contributed by atoms with Crippen LogP contribution in [0.25, 0.3) is 10.8 Å². The van der Waals surface area contributed by atoms with Crippen molar-refractivity contribution in [2.45, 2.75) is 97.1 Å². The van der Waals surface area contributed by atoms with Crippen LogP contribution in [-0.2, 0) is 38.6 Å². The van der Waals surface area contributed by atoms with E-state index in [0.29, 0.717) is 29.7 Å². The molecule has 2 saturated heterocycles. The number of carbonyl (C=O) groups excluding carboxylic acids is 4. The predicted molar refractivity (Wildman–Crippen MR) is 212 cm³/mol. The van der Waals surface area contributed by atoms with Crippen molar-refractivity contribution in [1.29, 1.82) is 0 Å². The number of hydroxylamine groups is 2. The fourth-order valence-corrected chi connectivity index (χ4v) is 6.98. The molecule has 20 nitrogen and oxygen atoms in total. The molecule has 0 aliphatic carbocycles. The lowest BCUT2D eigenvalue weighted by molar-refractivity contribution is -0.218. The van der Waals surface area contributed by atoms with E-state index in [1.807, 2.05) is 39.0 Å². The minimum Gasteiger partial charge on any atom is -0.490 e. The number of fused-ring (bicyclic) bond motifs is 1. The molecule has 1 unspecified atom stereocenters. The van der Waals surface area contributed by atoms with Gasteiger partial charge in [-0.2, -0.15) is 13.5 Å². The number of nitrogens with zero attached hydrogens (tertiary/aromatic N) is 5. The summed E-state index contributed by atoms with van der Waals surface area (Å²) in [5.74, 6) is -0.639. The number of rotatable bonds is 13. The molecule has 58 heavy (non-hydrogen) atoms. The minimum absolute atomic E-state index is 0.00884. The lowest BCUT2D eigenvalue weighted by Gasteiger charge is -2.50. The molecule has 2 aromatic heterocycles. The van der Waals surface area contributed by atoms with Crippen LogP contribution in [0.2, 0.25) is 0 Å². The first-order valence-electron chi connectivity index (χ1n) is 18.2. The second-order valence-corrected chi connectivity index (χ2v) is 17.8. The lowest BCUT2D eigenvalue weighted by Crippen LogP contribution is -2.76. The Morgan fingerprint density at radius 3 is 2.36 bits per heavy atom. The zero-order valence-electron chi connectivity index (χ0n) is 33.4. The highest BCUT2D eigenvalue weighted by Gasteiger charge is 2.58. The maximum Gasteiger partial charge on any atom is 0.418 e. The standard InChI is InChI=1S/C36H48N8O12S2/c1-34(2,3)54-32(47)41-31-39-25(20-57-31)26(29(45)40-27-30(46)44(36(27,7)8)56-58(49,50)51)42-53-18-17-52-23-9-10-24-21(19-23)11-14-37-28(24)38-22-12-15-43(16-13-22)33(48)55-35(4,5)6/h9-11,14,19-20,22,27H,12-13,15-18H2,1-8H3,(H,37,38)(H,40,45)(H,39,41,47)(H,49,50,51)/b42-26-. The molecule has 4 amide bonds. The van der Waals surface area contributed by atoms with Gasteiger partial charge in [-0.3, -0.25) is 19.5 Å². The highest BCUT2D eigenvalue weighted by molar-refractivity contribution is 7.80. The summed E-state index contributed by atoms with van der Waals surface area (Å²) in [4.78, 5) is 67.0. The average molecular weight is 849 g/mol. The van der Waals surface area contributed by atoms with E-state index in [1.54, 1.807) is 37.9 Å². The Morgan fingerprint density at radius 1 is 1.03 bits per heavy atom. The smallest absolute Gasteiger partial charge is 0.418 e. The van der Waals surface area contributed by atoms with E-state index in [4.69, 9.17) is 23.6 Å². The predicted octanol–water partition coefficient (Wildman–Crippen LogP) is 4.49. The molecule has 0 bridgehead atoms. The van der Waals surface area contributed by atoms with Gasteiger partial charge in [0.05, 0.1) is 5.54 Å². The molecule has 4 N–H and O–H groups in total. The van der Waals surface area contributed by atoms with Gasteiger partial charge in [0.1, 0.15) is 41.1 Å². The molecule has 0 radical (unpaired) electrons. The van der Waals surface area contributed by atoms with Crippen LogP contribution in [-0.4, -0.2) is 118 Å². The number of ether oxygens (including phenoxy) is 3. The van der Waals surface area contributed by atoms with Crippen LogP contribution in [0.3, 0.4) is 0 Å². The van der Waals surface area contributed by atoms with Crippen LogP contribution in [0.1, 0.15) is 73.9 Å². The van der Waals surface area contributed by atoms with E-state index in [1.165, 1.54) is 19.2 Å². The van der Waals surface area contributed by atoms with Crippen molar-refractivity contribution >= 4 is 73.2 Å². The van der Waals surface area contributed by atoms with Gasteiger partial charge in [-0.15, -0.1) is 15.6 Å². The maximum absolute atomic E-state index is 13.5. The Balaban J connectivity index is 1.21. The van der Waals surface area contributed by atoms with Gasteiger partial charge >= 0.3 is 22.6 Å². The molecule has 1 atom stereocenters. The van der Waals surface area contributed by atoms with Crippen molar-refractivity contribution in [3.63, 3.8) is 0 Å². The normalized spacial score (nSPS) is 17.6. The summed E-state index contributed by atoms with van der Waals surface area (Å²) in [6, 6.07) is 6.19. The molecule has 2 fully saturated rings. The minimum atomic E-state index is -5.02. The zero-order chi connectivity index (χ0) is 42.6. The van der Waals surface area contributed by atoms with Crippen molar-refractivity contribution in [2.75, 3.05) is 36.9 Å². The zero-order valence-corrected chi connectivity index (χ0v) is 35.0. The number of benzene rings is 1. The third kappa shape index (κ3) is 11.6. The van der Waals surface area contributed by atoms with E-state index in [0.717, 1.165) is 35.0 Å². The molecule has 2 aliphatic heterocycles. The fourth-order valence-electron chi connectivity index (χ4n) is 5.85. The molecular weight excluding hydrogens is 801 g/mol. The Morgan fingerprint density at radius 2 is 1.72 bits per heavy atom. The van der Waals surface area contributed by atoms with Gasteiger partial charge in [-0.25, -0.2) is 19.6 Å². The van der Waals surface area contributed by atoms with Gasteiger partial charge in [-0.1, -0.05) is 5.16 Å². The van der Waals surface area contributed by atoms with Crippen LogP contribution < -0.4 is 20.7 Å². The number of aromatic nitrogens is 2. The molecule has 4 heterocycles. The second kappa shape index (κ2) is 17.3. The van der Waals surface area contributed by atoms with E-state index < -0.39 is 51.1 Å². The third-order valence-corrected chi connectivity index (χ3v) is 9.61. The molecule has 5 rings (SSSR count). The van der Waals surface area contributed by atoms with Crippen molar-refractivity contribution in [3.8, 4) is 5.75 Å². The number of amides is 4. The van der Waals surface area contributed by atoms with E-state index in [-0.39, 0.29) is 41.9 Å². The Hall–Kier alpha value is -5.32. The second-order valence-electron chi connectivity index (χ2n) is 15.9. The van der Waals surface area contributed by atoms with Crippen LogP contribution in [0.15, 0.2) is 41.0 Å². The number of pyridine rings is 1. The summed E-state index contributed by atoms with van der Waals surface area (Å²) in [5, 5.41) is 16.1. The summed E-state index contributed by atoms with van der Waals surface area (Å²) >= 11 is 0.969. The molecule has 2 aliphatic rings. The first-order valence-corrected chi connectivity index (χ1v) is 20.5. The quantitative estimate of drug-likeness (QED) is 0.0608. The summed E-state index contributed by atoms with van der Waals surface area (Å²) < 4.78 is 52.6. The number of likely N-dealkylation sites (tertiary alicyclic amines) is 1. The molecular formula is C36H48N8O12S2. The number of thiazole rings is 1. The first-order chi connectivity index (χ1) is 27.0. The van der Waals surface area contributed by atoms with Crippen LogP contribution in [0, 0.1) is 0 Å². The Bertz CT molecular complexity index is 2160. The molecule has 22 heteroatoms. The summed E-state index contributed by atoms with van der Waals surface area (Å²) in [7, 11) is -5.02. The van der Waals surface area contributed by atoms with Crippen LogP contribution in [0.5, 0.6) is 5.75 Å². The molecule has 0 saturated carbocycles. The van der Waals surface area contributed by atoms with E-state index >= 15 is 0 Å². The van der Waals surface area contributed by atoms with Crippen molar-refractivity contribution in [1.82, 2.24) is 25.2 Å². The van der Waals surface area contributed by atoms with Gasteiger partial charge < -0.3 is 34.6 Å². The highest BCUT2D eigenvalue weighted by atomic mass is 32.3. The number of carbonyl (C=O) groups is 4.